The molecule has 1 N–H and O–H groups in total. The number of hydrogen-bond donors (Lipinski definition) is 1. The average molecular weight is 434 g/mol. The molecule has 0 spiro atoms. The minimum absolute atomic E-state index is 0.144. The first-order valence-electron chi connectivity index (χ1n) is 10.1. The zero-order valence-corrected chi connectivity index (χ0v) is 18.0. The number of aryl methyl sites for hydroxylation is 1. The largest absolute Gasteiger partial charge is 0.487 e. The molecule has 0 bridgehead atoms. The highest BCUT2D eigenvalue weighted by Gasteiger charge is 2.21. The molecule has 2 heterocycles. The van der Waals surface area contributed by atoms with Crippen molar-refractivity contribution in [1.29, 1.82) is 0 Å². The Bertz CT molecular complexity index is 1110. The van der Waals surface area contributed by atoms with E-state index in [4.69, 9.17) is 4.74 Å². The summed E-state index contributed by atoms with van der Waals surface area (Å²) in [6.07, 6.45) is 4.69. The molecule has 158 valence electrons. The lowest BCUT2D eigenvalue weighted by Crippen LogP contribution is -2.23. The molecule has 3 aromatic rings. The third-order valence-electron chi connectivity index (χ3n) is 4.90. The Balaban J connectivity index is 1.36. The first-order valence-corrected chi connectivity index (χ1v) is 11.0. The molecule has 0 aliphatic carbocycles. The molecule has 2 aromatic carbocycles. The summed E-state index contributed by atoms with van der Waals surface area (Å²) < 4.78 is 5.89. The van der Waals surface area contributed by atoms with Crippen LogP contribution in [0.5, 0.6) is 5.75 Å². The van der Waals surface area contributed by atoms with Gasteiger partial charge in [0, 0.05) is 41.4 Å². The van der Waals surface area contributed by atoms with Crippen LogP contribution in [-0.4, -0.2) is 23.3 Å². The summed E-state index contributed by atoms with van der Waals surface area (Å²) >= 11 is 1.59. The van der Waals surface area contributed by atoms with Crippen molar-refractivity contribution in [2.45, 2.75) is 26.4 Å². The predicted molar refractivity (Wildman–Crippen MR) is 123 cm³/mol. The lowest BCUT2D eigenvalue weighted by atomic mass is 10.2. The Morgan fingerprint density at radius 1 is 1.23 bits per heavy atom. The highest BCUT2D eigenvalue weighted by atomic mass is 32.1. The predicted octanol–water partition coefficient (Wildman–Crippen LogP) is 4.81. The third-order valence-corrected chi connectivity index (χ3v) is 5.72. The fraction of sp³-hybridized carbons (Fsp3) is 0.208. The molecule has 0 saturated carbocycles. The molecule has 0 radical (unpaired) electrons. The third kappa shape index (κ3) is 5.38. The maximum absolute atomic E-state index is 12.4. The number of nitrogens with one attached hydrogen (secondary N) is 1. The average Bonchev–Trinajstić information content (AvgIpc) is 3.40. The van der Waals surface area contributed by atoms with Gasteiger partial charge in [-0.25, -0.2) is 4.98 Å². The Labute approximate surface area is 185 Å². The number of carbonyl (C=O) groups excluding carboxylic acids is 2. The van der Waals surface area contributed by atoms with Crippen molar-refractivity contribution in [1.82, 2.24) is 4.98 Å². The number of aromatic nitrogens is 1. The first kappa shape index (κ1) is 20.8. The number of rotatable bonds is 7. The van der Waals surface area contributed by atoms with Gasteiger partial charge in [0.15, 0.2) is 0 Å². The standard InChI is InChI=1S/C24H23N3O3S/c1-17-25-20(16-31-17)15-30-22-6-3-2-5-18(22)8-13-23(28)26-19-9-11-21(12-10-19)27-14-4-7-24(27)29/h2-3,5-6,8-13,16H,4,7,14-15H2,1H3,(H,26,28)/b13-8+. The van der Waals surface area contributed by atoms with Crippen molar-refractivity contribution >= 4 is 40.6 Å². The van der Waals surface area contributed by atoms with E-state index >= 15 is 0 Å². The van der Waals surface area contributed by atoms with E-state index in [1.165, 1.54) is 6.08 Å². The van der Waals surface area contributed by atoms with Gasteiger partial charge in [-0.15, -0.1) is 11.3 Å². The summed E-state index contributed by atoms with van der Waals surface area (Å²) in [4.78, 5) is 30.4. The number of ether oxygens (including phenoxy) is 1. The van der Waals surface area contributed by atoms with E-state index in [1.807, 2.05) is 48.7 Å². The van der Waals surface area contributed by atoms with E-state index < -0.39 is 0 Å². The number of nitrogens with zero attached hydrogens (tertiary/aromatic N) is 2. The fourth-order valence-corrected chi connectivity index (χ4v) is 3.97. The molecular formula is C24H23N3O3S. The summed E-state index contributed by atoms with van der Waals surface area (Å²) in [6.45, 7) is 3.09. The Kier molecular flexibility index (Phi) is 6.43. The number of para-hydroxylation sites is 1. The van der Waals surface area contributed by atoms with Gasteiger partial charge in [0.2, 0.25) is 11.8 Å². The van der Waals surface area contributed by atoms with Crippen molar-refractivity contribution in [2.75, 3.05) is 16.8 Å². The molecule has 7 heteroatoms. The second kappa shape index (κ2) is 9.57. The molecular weight excluding hydrogens is 410 g/mol. The van der Waals surface area contributed by atoms with Crippen LogP contribution in [0.25, 0.3) is 6.08 Å². The first-order chi connectivity index (χ1) is 15.1. The maximum atomic E-state index is 12.4. The number of anilines is 2. The molecule has 1 aliphatic rings. The van der Waals surface area contributed by atoms with Crippen molar-refractivity contribution in [3.8, 4) is 5.75 Å². The summed E-state index contributed by atoms with van der Waals surface area (Å²) in [5.74, 6) is 0.595. The van der Waals surface area contributed by atoms with Gasteiger partial charge in [-0.05, 0) is 49.8 Å². The van der Waals surface area contributed by atoms with Crippen LogP contribution in [0.15, 0.2) is 60.0 Å². The zero-order chi connectivity index (χ0) is 21.6. The smallest absolute Gasteiger partial charge is 0.248 e. The Hall–Kier alpha value is -3.45. The van der Waals surface area contributed by atoms with Gasteiger partial charge in [0.1, 0.15) is 12.4 Å². The van der Waals surface area contributed by atoms with Gasteiger partial charge in [-0.2, -0.15) is 0 Å². The molecule has 1 saturated heterocycles. The van der Waals surface area contributed by atoms with Crippen LogP contribution in [0.1, 0.15) is 29.1 Å². The van der Waals surface area contributed by atoms with Crippen LogP contribution in [0, 0.1) is 6.92 Å². The minimum Gasteiger partial charge on any atom is -0.487 e. The fourth-order valence-electron chi connectivity index (χ4n) is 3.37. The van der Waals surface area contributed by atoms with Gasteiger partial charge in [0.05, 0.1) is 10.7 Å². The molecule has 1 aliphatic heterocycles. The van der Waals surface area contributed by atoms with Crippen LogP contribution in [0.3, 0.4) is 0 Å². The number of amides is 2. The molecule has 1 fully saturated rings. The number of hydrogen-bond acceptors (Lipinski definition) is 5. The quantitative estimate of drug-likeness (QED) is 0.543. The highest BCUT2D eigenvalue weighted by Crippen LogP contribution is 2.24. The number of thiazole rings is 1. The molecule has 31 heavy (non-hydrogen) atoms. The van der Waals surface area contributed by atoms with Gasteiger partial charge in [-0.3, -0.25) is 9.59 Å². The van der Waals surface area contributed by atoms with Crippen molar-refractivity contribution in [3.05, 3.63) is 76.3 Å². The normalized spacial score (nSPS) is 13.7. The van der Waals surface area contributed by atoms with Gasteiger partial charge in [-0.1, -0.05) is 18.2 Å². The van der Waals surface area contributed by atoms with Crippen molar-refractivity contribution < 1.29 is 14.3 Å². The second-order valence-corrected chi connectivity index (χ2v) is 8.26. The summed E-state index contributed by atoms with van der Waals surface area (Å²) in [5, 5.41) is 5.82. The summed E-state index contributed by atoms with van der Waals surface area (Å²) in [7, 11) is 0. The van der Waals surface area contributed by atoms with E-state index in [9.17, 15) is 9.59 Å². The van der Waals surface area contributed by atoms with Crippen LogP contribution >= 0.6 is 11.3 Å². The molecule has 0 unspecified atom stereocenters. The summed E-state index contributed by atoms with van der Waals surface area (Å²) in [6, 6.07) is 14.9. The monoisotopic (exact) mass is 433 g/mol. The molecule has 0 atom stereocenters. The van der Waals surface area contributed by atoms with Gasteiger partial charge in [0.25, 0.3) is 0 Å². The van der Waals surface area contributed by atoms with Crippen molar-refractivity contribution in [2.24, 2.45) is 0 Å². The zero-order valence-electron chi connectivity index (χ0n) is 17.2. The molecule has 2 amide bonds. The lowest BCUT2D eigenvalue weighted by molar-refractivity contribution is -0.117. The van der Waals surface area contributed by atoms with Crippen LogP contribution in [0.2, 0.25) is 0 Å². The van der Waals surface area contributed by atoms with E-state index in [1.54, 1.807) is 34.4 Å². The highest BCUT2D eigenvalue weighted by molar-refractivity contribution is 7.09. The Morgan fingerprint density at radius 2 is 2.03 bits per heavy atom. The minimum atomic E-state index is -0.241. The van der Waals surface area contributed by atoms with Gasteiger partial charge < -0.3 is 15.0 Å². The van der Waals surface area contributed by atoms with Crippen LogP contribution in [-0.2, 0) is 16.2 Å². The molecule has 1 aromatic heterocycles. The Morgan fingerprint density at radius 3 is 2.74 bits per heavy atom. The van der Waals surface area contributed by atoms with Crippen molar-refractivity contribution in [3.63, 3.8) is 0 Å². The lowest BCUT2D eigenvalue weighted by Gasteiger charge is -2.15. The van der Waals surface area contributed by atoms with Crippen LogP contribution in [0.4, 0.5) is 11.4 Å². The number of benzene rings is 2. The molecule has 4 rings (SSSR count). The molecule has 6 nitrogen and oxygen atoms in total. The number of carbonyl (C=O) groups is 2. The van der Waals surface area contributed by atoms with Gasteiger partial charge >= 0.3 is 0 Å². The SMILES string of the molecule is Cc1nc(COc2ccccc2/C=C/C(=O)Nc2ccc(N3CCCC3=O)cc2)cs1. The van der Waals surface area contributed by atoms with Crippen LogP contribution < -0.4 is 15.0 Å². The van der Waals surface area contributed by atoms with E-state index in [0.29, 0.717) is 24.5 Å². The van der Waals surface area contributed by atoms with E-state index in [2.05, 4.69) is 10.3 Å². The maximum Gasteiger partial charge on any atom is 0.248 e. The summed E-state index contributed by atoms with van der Waals surface area (Å²) in [5.41, 5.74) is 3.23. The van der Waals surface area contributed by atoms with E-state index in [-0.39, 0.29) is 11.8 Å². The topological polar surface area (TPSA) is 71.5 Å². The second-order valence-electron chi connectivity index (χ2n) is 7.20. The van der Waals surface area contributed by atoms with E-state index in [0.717, 1.165) is 34.9 Å².